The van der Waals surface area contributed by atoms with Crippen molar-refractivity contribution in [2.75, 3.05) is 18.6 Å². The molecule has 7 heteroatoms. The van der Waals surface area contributed by atoms with Gasteiger partial charge in [-0.25, -0.2) is 13.4 Å². The van der Waals surface area contributed by atoms with E-state index in [1.54, 1.807) is 32.2 Å². The van der Waals surface area contributed by atoms with Crippen molar-refractivity contribution in [3.63, 3.8) is 0 Å². The Balaban J connectivity index is 2.33. The fraction of sp³-hybridized carbons (Fsp3) is 0.231. The van der Waals surface area contributed by atoms with Crippen LogP contribution in [-0.4, -0.2) is 31.7 Å². The minimum Gasteiger partial charge on any atom is -0.439 e. The first kappa shape index (κ1) is 14.3. The number of rotatable bonds is 4. The van der Waals surface area contributed by atoms with Crippen molar-refractivity contribution in [3.8, 4) is 11.6 Å². The van der Waals surface area contributed by atoms with Gasteiger partial charge in [-0.05, 0) is 25.1 Å². The maximum absolute atomic E-state index is 11.5. The zero-order valence-electron chi connectivity index (χ0n) is 11.4. The Morgan fingerprint density at radius 2 is 1.95 bits per heavy atom. The third-order valence-electron chi connectivity index (χ3n) is 2.53. The number of nitrogens with one attached hydrogen (secondary N) is 1. The van der Waals surface area contributed by atoms with E-state index in [-0.39, 0.29) is 4.90 Å². The summed E-state index contributed by atoms with van der Waals surface area (Å²) in [6.07, 6.45) is 1.15. The van der Waals surface area contributed by atoms with E-state index in [0.29, 0.717) is 23.3 Å². The van der Waals surface area contributed by atoms with Crippen LogP contribution in [0, 0.1) is 6.92 Å². The van der Waals surface area contributed by atoms with E-state index < -0.39 is 9.84 Å². The van der Waals surface area contributed by atoms with Crippen LogP contribution in [0.3, 0.4) is 0 Å². The molecule has 0 radical (unpaired) electrons. The molecular formula is C13H15N3O3S. The van der Waals surface area contributed by atoms with Gasteiger partial charge in [0.15, 0.2) is 9.84 Å². The second kappa shape index (κ2) is 5.46. The zero-order chi connectivity index (χ0) is 14.8. The second-order valence-electron chi connectivity index (χ2n) is 4.24. The molecule has 0 aliphatic heterocycles. The van der Waals surface area contributed by atoms with Gasteiger partial charge in [-0.1, -0.05) is 6.07 Å². The standard InChI is InChI=1S/C13H15N3O3S/c1-9-15-12(14-2)8-13(16-9)19-10-5-4-6-11(7-10)20(3,17)18/h4-8H,1-3H3,(H,14,15,16). The minimum absolute atomic E-state index is 0.203. The first-order valence-electron chi connectivity index (χ1n) is 5.90. The molecule has 1 heterocycles. The van der Waals surface area contributed by atoms with Crippen LogP contribution in [0.1, 0.15) is 5.82 Å². The van der Waals surface area contributed by atoms with Crippen molar-refractivity contribution < 1.29 is 13.2 Å². The lowest BCUT2D eigenvalue weighted by Gasteiger charge is -2.08. The third kappa shape index (κ3) is 3.45. The summed E-state index contributed by atoms with van der Waals surface area (Å²) in [6, 6.07) is 7.92. The number of aromatic nitrogens is 2. The molecule has 0 atom stereocenters. The fourth-order valence-electron chi connectivity index (χ4n) is 1.61. The molecule has 2 aromatic rings. The van der Waals surface area contributed by atoms with Crippen molar-refractivity contribution in [3.05, 3.63) is 36.2 Å². The number of nitrogens with zero attached hydrogens (tertiary/aromatic N) is 2. The molecule has 0 saturated heterocycles. The first-order chi connectivity index (χ1) is 9.38. The maximum Gasteiger partial charge on any atom is 0.224 e. The summed E-state index contributed by atoms with van der Waals surface area (Å²) < 4.78 is 28.6. The number of anilines is 1. The Morgan fingerprint density at radius 3 is 2.60 bits per heavy atom. The van der Waals surface area contributed by atoms with E-state index >= 15 is 0 Å². The lowest BCUT2D eigenvalue weighted by molar-refractivity contribution is 0.458. The Kier molecular flexibility index (Phi) is 3.89. The van der Waals surface area contributed by atoms with Gasteiger partial charge in [0.05, 0.1) is 4.90 Å². The summed E-state index contributed by atoms with van der Waals surface area (Å²) in [5.41, 5.74) is 0. The lowest BCUT2D eigenvalue weighted by atomic mass is 10.3. The summed E-state index contributed by atoms with van der Waals surface area (Å²) in [7, 11) is -1.52. The molecule has 6 nitrogen and oxygen atoms in total. The number of sulfone groups is 1. The minimum atomic E-state index is -3.26. The molecule has 0 saturated carbocycles. The van der Waals surface area contributed by atoms with Crippen LogP contribution in [0.5, 0.6) is 11.6 Å². The Bertz CT molecular complexity index is 729. The SMILES string of the molecule is CNc1cc(Oc2cccc(S(C)(=O)=O)c2)nc(C)n1. The number of aryl methyl sites for hydroxylation is 1. The van der Waals surface area contributed by atoms with Gasteiger partial charge < -0.3 is 10.1 Å². The highest BCUT2D eigenvalue weighted by atomic mass is 32.2. The number of benzene rings is 1. The molecule has 1 aromatic carbocycles. The Labute approximate surface area is 117 Å². The monoisotopic (exact) mass is 293 g/mol. The Hall–Kier alpha value is -2.15. The van der Waals surface area contributed by atoms with E-state index in [9.17, 15) is 8.42 Å². The van der Waals surface area contributed by atoms with Crippen molar-refractivity contribution in [1.29, 1.82) is 0 Å². The molecule has 0 fully saturated rings. The topological polar surface area (TPSA) is 81.2 Å². The molecule has 0 bridgehead atoms. The predicted octanol–water partition coefficient (Wildman–Crippen LogP) is 2.02. The molecule has 106 valence electrons. The van der Waals surface area contributed by atoms with Crippen LogP contribution in [0.15, 0.2) is 35.2 Å². The Morgan fingerprint density at radius 1 is 1.20 bits per heavy atom. The molecule has 0 unspecified atom stereocenters. The van der Waals surface area contributed by atoms with Crippen molar-refractivity contribution in [1.82, 2.24) is 9.97 Å². The highest BCUT2D eigenvalue weighted by Gasteiger charge is 2.09. The number of hydrogen-bond acceptors (Lipinski definition) is 6. The lowest BCUT2D eigenvalue weighted by Crippen LogP contribution is -2.00. The summed E-state index contributed by atoms with van der Waals surface area (Å²) in [4.78, 5) is 8.50. The average molecular weight is 293 g/mol. The van der Waals surface area contributed by atoms with E-state index in [1.165, 1.54) is 12.1 Å². The van der Waals surface area contributed by atoms with Gasteiger partial charge in [-0.3, -0.25) is 0 Å². The highest BCUT2D eigenvalue weighted by Crippen LogP contribution is 2.24. The van der Waals surface area contributed by atoms with Gasteiger partial charge >= 0.3 is 0 Å². The highest BCUT2D eigenvalue weighted by molar-refractivity contribution is 7.90. The molecule has 1 N–H and O–H groups in total. The van der Waals surface area contributed by atoms with Crippen molar-refractivity contribution >= 4 is 15.7 Å². The quantitative estimate of drug-likeness (QED) is 0.929. The van der Waals surface area contributed by atoms with Gasteiger partial charge in [0, 0.05) is 19.4 Å². The van der Waals surface area contributed by atoms with E-state index in [0.717, 1.165) is 6.26 Å². The predicted molar refractivity (Wildman–Crippen MR) is 75.9 cm³/mol. The van der Waals surface area contributed by atoms with E-state index in [2.05, 4.69) is 15.3 Å². The third-order valence-corrected chi connectivity index (χ3v) is 3.64. The molecule has 0 spiro atoms. The second-order valence-corrected chi connectivity index (χ2v) is 6.25. The van der Waals surface area contributed by atoms with Crippen LogP contribution in [0.25, 0.3) is 0 Å². The molecule has 0 amide bonds. The normalized spacial score (nSPS) is 11.2. The number of ether oxygens (including phenoxy) is 1. The van der Waals surface area contributed by atoms with Gasteiger partial charge in [0.25, 0.3) is 0 Å². The van der Waals surface area contributed by atoms with Crippen LogP contribution >= 0.6 is 0 Å². The first-order valence-corrected chi connectivity index (χ1v) is 7.79. The maximum atomic E-state index is 11.5. The molecule has 0 aliphatic carbocycles. The van der Waals surface area contributed by atoms with Crippen molar-refractivity contribution in [2.24, 2.45) is 0 Å². The summed E-state index contributed by atoms with van der Waals surface area (Å²) >= 11 is 0. The average Bonchev–Trinajstić information content (AvgIpc) is 2.37. The van der Waals surface area contributed by atoms with Crippen LogP contribution in [-0.2, 0) is 9.84 Å². The zero-order valence-corrected chi connectivity index (χ0v) is 12.2. The molecule has 2 rings (SSSR count). The molecule has 0 aliphatic rings. The smallest absolute Gasteiger partial charge is 0.224 e. The molecule has 1 aromatic heterocycles. The van der Waals surface area contributed by atoms with Gasteiger partial charge in [-0.2, -0.15) is 4.98 Å². The van der Waals surface area contributed by atoms with E-state index in [1.807, 2.05) is 0 Å². The van der Waals surface area contributed by atoms with Crippen molar-refractivity contribution in [2.45, 2.75) is 11.8 Å². The van der Waals surface area contributed by atoms with E-state index in [4.69, 9.17) is 4.74 Å². The fourth-order valence-corrected chi connectivity index (χ4v) is 2.27. The van der Waals surface area contributed by atoms with Crippen LogP contribution < -0.4 is 10.1 Å². The summed E-state index contributed by atoms with van der Waals surface area (Å²) in [6.45, 7) is 1.75. The summed E-state index contributed by atoms with van der Waals surface area (Å²) in [5.74, 6) is 1.96. The molecular weight excluding hydrogens is 278 g/mol. The van der Waals surface area contributed by atoms with Gasteiger partial charge in [-0.15, -0.1) is 0 Å². The van der Waals surface area contributed by atoms with Crippen LogP contribution in [0.4, 0.5) is 5.82 Å². The molecule has 20 heavy (non-hydrogen) atoms. The van der Waals surface area contributed by atoms with Gasteiger partial charge in [0.2, 0.25) is 5.88 Å². The summed E-state index contributed by atoms with van der Waals surface area (Å²) in [5, 5.41) is 2.90. The van der Waals surface area contributed by atoms with Gasteiger partial charge in [0.1, 0.15) is 17.4 Å². The van der Waals surface area contributed by atoms with Crippen LogP contribution in [0.2, 0.25) is 0 Å². The number of hydrogen-bond donors (Lipinski definition) is 1. The largest absolute Gasteiger partial charge is 0.439 e.